The summed E-state index contributed by atoms with van der Waals surface area (Å²) in [5.41, 5.74) is 5.31. The number of hydrogen-bond acceptors (Lipinski definition) is 2. The van der Waals surface area contributed by atoms with Gasteiger partial charge in [0.05, 0.1) is 6.20 Å². The number of nitrogens with one attached hydrogen (secondary N) is 2. The molecule has 1 saturated carbocycles. The van der Waals surface area contributed by atoms with Crippen molar-refractivity contribution >= 4 is 0 Å². The van der Waals surface area contributed by atoms with Gasteiger partial charge >= 0.3 is 0 Å². The molecule has 1 aromatic heterocycles. The highest BCUT2D eigenvalue weighted by Gasteiger charge is 2.29. The Morgan fingerprint density at radius 3 is 2.84 bits per heavy atom. The Kier molecular flexibility index (Phi) is 3.38. The van der Waals surface area contributed by atoms with Crippen LogP contribution in [0.15, 0.2) is 30.5 Å². The molecule has 0 saturated heterocycles. The molecule has 1 aliphatic rings. The topological polar surface area (TPSA) is 40.7 Å². The maximum absolute atomic E-state index is 4.05. The number of hydrogen-bond donors (Lipinski definition) is 2. The second-order valence-corrected chi connectivity index (χ2v) is 5.68. The highest BCUT2D eigenvalue weighted by molar-refractivity contribution is 5.27. The lowest BCUT2D eigenvalue weighted by atomic mass is 9.75. The van der Waals surface area contributed by atoms with Gasteiger partial charge in [-0.05, 0) is 38.2 Å². The van der Waals surface area contributed by atoms with Gasteiger partial charge in [-0.25, -0.2) is 0 Å². The summed E-state index contributed by atoms with van der Waals surface area (Å²) in [6.07, 6.45) is 4.42. The predicted molar refractivity (Wildman–Crippen MR) is 77.1 cm³/mol. The number of aromatic nitrogens is 2. The lowest BCUT2D eigenvalue weighted by Crippen LogP contribution is -2.39. The Balaban J connectivity index is 1.49. The van der Waals surface area contributed by atoms with Gasteiger partial charge in [-0.3, -0.25) is 5.10 Å². The molecule has 0 atom stereocenters. The molecule has 0 radical (unpaired) electrons. The molecular weight excluding hydrogens is 234 g/mol. The minimum absolute atomic E-state index is 0.653. The third-order valence-corrected chi connectivity index (χ3v) is 4.17. The first kappa shape index (κ1) is 12.4. The van der Waals surface area contributed by atoms with E-state index in [0.717, 1.165) is 12.5 Å². The van der Waals surface area contributed by atoms with Crippen LogP contribution in [0.1, 0.15) is 41.1 Å². The van der Waals surface area contributed by atoms with Crippen molar-refractivity contribution in [3.8, 4) is 0 Å². The quantitative estimate of drug-likeness (QED) is 0.881. The minimum atomic E-state index is 0.653. The van der Waals surface area contributed by atoms with Crippen LogP contribution in [0.5, 0.6) is 0 Å². The van der Waals surface area contributed by atoms with E-state index in [-0.39, 0.29) is 0 Å². The fourth-order valence-electron chi connectivity index (χ4n) is 2.79. The smallest absolute Gasteiger partial charge is 0.0535 e. The van der Waals surface area contributed by atoms with Crippen molar-refractivity contribution in [3.05, 3.63) is 52.8 Å². The van der Waals surface area contributed by atoms with Crippen LogP contribution in [-0.4, -0.2) is 16.2 Å². The lowest BCUT2D eigenvalue weighted by Gasteiger charge is -2.36. The molecule has 2 aromatic rings. The first-order chi connectivity index (χ1) is 9.22. The molecule has 0 unspecified atom stereocenters. The van der Waals surface area contributed by atoms with Gasteiger partial charge in [-0.1, -0.05) is 29.8 Å². The van der Waals surface area contributed by atoms with Crippen LogP contribution in [0.3, 0.4) is 0 Å². The zero-order chi connectivity index (χ0) is 13.2. The first-order valence-electron chi connectivity index (χ1n) is 7.01. The van der Waals surface area contributed by atoms with Crippen LogP contribution < -0.4 is 5.32 Å². The molecule has 3 rings (SSSR count). The summed E-state index contributed by atoms with van der Waals surface area (Å²) in [4.78, 5) is 0. The molecule has 3 heteroatoms. The Morgan fingerprint density at radius 2 is 2.16 bits per heavy atom. The molecule has 1 fully saturated rings. The molecule has 0 aliphatic heterocycles. The number of aromatic amines is 1. The van der Waals surface area contributed by atoms with E-state index >= 15 is 0 Å². The number of rotatable bonds is 4. The molecule has 2 N–H and O–H groups in total. The Labute approximate surface area is 114 Å². The molecule has 100 valence electrons. The Hall–Kier alpha value is -1.61. The minimum Gasteiger partial charge on any atom is -0.310 e. The van der Waals surface area contributed by atoms with Gasteiger partial charge in [-0.2, -0.15) is 5.10 Å². The summed E-state index contributed by atoms with van der Waals surface area (Å²) in [6, 6.07) is 9.56. The Bertz CT molecular complexity index is 553. The molecule has 1 aromatic carbocycles. The van der Waals surface area contributed by atoms with Crippen LogP contribution in [0.2, 0.25) is 0 Å². The van der Waals surface area contributed by atoms with Crippen LogP contribution in [0.4, 0.5) is 0 Å². The summed E-state index contributed by atoms with van der Waals surface area (Å²) in [6.45, 7) is 5.16. The molecule has 0 amide bonds. The van der Waals surface area contributed by atoms with Gasteiger partial charge in [0, 0.05) is 23.8 Å². The van der Waals surface area contributed by atoms with Crippen molar-refractivity contribution in [2.45, 2.75) is 45.2 Å². The largest absolute Gasteiger partial charge is 0.310 e. The average molecular weight is 255 g/mol. The average Bonchev–Trinajstić information content (AvgIpc) is 2.73. The monoisotopic (exact) mass is 255 g/mol. The van der Waals surface area contributed by atoms with Crippen molar-refractivity contribution in [1.82, 2.24) is 15.5 Å². The second-order valence-electron chi connectivity index (χ2n) is 5.68. The van der Waals surface area contributed by atoms with Gasteiger partial charge in [-0.15, -0.1) is 0 Å². The second kappa shape index (κ2) is 5.17. The van der Waals surface area contributed by atoms with Crippen molar-refractivity contribution < 1.29 is 0 Å². The van der Waals surface area contributed by atoms with Crippen molar-refractivity contribution in [2.24, 2.45) is 0 Å². The van der Waals surface area contributed by atoms with Crippen LogP contribution >= 0.6 is 0 Å². The number of aryl methyl sites for hydroxylation is 2. The van der Waals surface area contributed by atoms with Crippen LogP contribution in [0.25, 0.3) is 0 Å². The summed E-state index contributed by atoms with van der Waals surface area (Å²) < 4.78 is 0. The third-order valence-electron chi connectivity index (χ3n) is 4.17. The molecule has 1 heterocycles. The SMILES string of the molecule is Cc1cccc(C2CC(NCc3cn[nH]c3C)C2)c1. The van der Waals surface area contributed by atoms with Crippen LogP contribution in [-0.2, 0) is 6.54 Å². The highest BCUT2D eigenvalue weighted by atomic mass is 15.1. The maximum atomic E-state index is 4.05. The van der Waals surface area contributed by atoms with E-state index in [2.05, 4.69) is 53.6 Å². The van der Waals surface area contributed by atoms with Crippen molar-refractivity contribution in [1.29, 1.82) is 0 Å². The van der Waals surface area contributed by atoms with E-state index < -0.39 is 0 Å². The Morgan fingerprint density at radius 1 is 1.32 bits per heavy atom. The predicted octanol–water partition coefficient (Wildman–Crippen LogP) is 3.06. The van der Waals surface area contributed by atoms with Gasteiger partial charge in [0.2, 0.25) is 0 Å². The van der Waals surface area contributed by atoms with Crippen molar-refractivity contribution in [2.75, 3.05) is 0 Å². The maximum Gasteiger partial charge on any atom is 0.0535 e. The number of benzene rings is 1. The summed E-state index contributed by atoms with van der Waals surface area (Å²) in [7, 11) is 0. The fraction of sp³-hybridized carbons (Fsp3) is 0.438. The van der Waals surface area contributed by atoms with E-state index in [9.17, 15) is 0 Å². The molecule has 3 nitrogen and oxygen atoms in total. The summed E-state index contributed by atoms with van der Waals surface area (Å²) >= 11 is 0. The molecule has 19 heavy (non-hydrogen) atoms. The molecule has 1 aliphatic carbocycles. The summed E-state index contributed by atoms with van der Waals surface area (Å²) in [5, 5.41) is 10.6. The number of H-pyrrole nitrogens is 1. The third kappa shape index (κ3) is 2.71. The lowest BCUT2D eigenvalue weighted by molar-refractivity contribution is 0.289. The first-order valence-corrected chi connectivity index (χ1v) is 7.01. The number of nitrogens with zero attached hydrogens (tertiary/aromatic N) is 1. The van der Waals surface area contributed by atoms with E-state index in [1.54, 1.807) is 0 Å². The standard InChI is InChI=1S/C16H21N3/c1-11-4-3-5-13(6-11)14-7-16(8-14)17-9-15-10-18-19-12(15)2/h3-6,10,14,16-17H,7-9H2,1-2H3,(H,18,19). The highest BCUT2D eigenvalue weighted by Crippen LogP contribution is 2.37. The fourth-order valence-corrected chi connectivity index (χ4v) is 2.79. The molecular formula is C16H21N3. The van der Waals surface area contributed by atoms with Gasteiger partial charge in [0.1, 0.15) is 0 Å². The summed E-state index contributed by atoms with van der Waals surface area (Å²) in [5.74, 6) is 0.739. The zero-order valence-electron chi connectivity index (χ0n) is 11.6. The van der Waals surface area contributed by atoms with Crippen LogP contribution in [0, 0.1) is 13.8 Å². The van der Waals surface area contributed by atoms with Crippen molar-refractivity contribution in [3.63, 3.8) is 0 Å². The van der Waals surface area contributed by atoms with E-state index in [0.29, 0.717) is 6.04 Å². The van der Waals surface area contributed by atoms with E-state index in [1.165, 1.54) is 35.2 Å². The van der Waals surface area contributed by atoms with Gasteiger partial charge in [0.15, 0.2) is 0 Å². The normalized spacial score (nSPS) is 22.2. The van der Waals surface area contributed by atoms with E-state index in [4.69, 9.17) is 0 Å². The van der Waals surface area contributed by atoms with E-state index in [1.807, 2.05) is 6.20 Å². The molecule has 0 spiro atoms. The van der Waals surface area contributed by atoms with Gasteiger partial charge in [0.25, 0.3) is 0 Å². The zero-order valence-corrected chi connectivity index (χ0v) is 11.6. The van der Waals surface area contributed by atoms with Gasteiger partial charge < -0.3 is 5.32 Å². The molecule has 0 bridgehead atoms.